The van der Waals surface area contributed by atoms with Gasteiger partial charge in [0.25, 0.3) is 0 Å². The van der Waals surface area contributed by atoms with E-state index in [9.17, 15) is 0 Å². The van der Waals surface area contributed by atoms with Crippen molar-refractivity contribution in [2.24, 2.45) is 4.99 Å². The Morgan fingerprint density at radius 2 is 1.96 bits per heavy atom. The van der Waals surface area contributed by atoms with Crippen LogP contribution in [-0.4, -0.2) is 38.9 Å². The zero-order valence-corrected chi connectivity index (χ0v) is 14.3. The first-order valence-electron chi connectivity index (χ1n) is 8.16. The van der Waals surface area contributed by atoms with Crippen molar-refractivity contribution in [2.75, 3.05) is 32.9 Å². The fourth-order valence-electron chi connectivity index (χ4n) is 1.95. The van der Waals surface area contributed by atoms with Crippen LogP contribution in [0.15, 0.2) is 41.9 Å². The number of benzene rings is 1. The molecule has 0 spiro atoms. The first-order chi connectivity index (χ1) is 11.3. The van der Waals surface area contributed by atoms with Crippen LogP contribution in [-0.2, 0) is 22.6 Å². The van der Waals surface area contributed by atoms with E-state index in [1.807, 2.05) is 26.0 Å². The fraction of sp³-hybridized carbons (Fsp3) is 0.500. The molecule has 0 heterocycles. The first-order valence-corrected chi connectivity index (χ1v) is 8.16. The van der Waals surface area contributed by atoms with Gasteiger partial charge in [0, 0.05) is 19.7 Å². The predicted octanol–water partition coefficient (Wildman–Crippen LogP) is 2.48. The minimum Gasteiger partial charge on any atom is -0.379 e. The highest BCUT2D eigenvalue weighted by atomic mass is 16.5. The second kappa shape index (κ2) is 12.7. The Morgan fingerprint density at radius 3 is 2.70 bits per heavy atom. The first kappa shape index (κ1) is 19.2. The van der Waals surface area contributed by atoms with Gasteiger partial charge in [-0.3, -0.25) is 0 Å². The number of hydrogen-bond donors (Lipinski definition) is 2. The van der Waals surface area contributed by atoms with Crippen molar-refractivity contribution < 1.29 is 9.47 Å². The van der Waals surface area contributed by atoms with E-state index < -0.39 is 0 Å². The van der Waals surface area contributed by atoms with Gasteiger partial charge in [0.05, 0.1) is 26.4 Å². The van der Waals surface area contributed by atoms with Crippen LogP contribution in [0.5, 0.6) is 0 Å². The third kappa shape index (κ3) is 9.01. The predicted molar refractivity (Wildman–Crippen MR) is 95.6 cm³/mol. The maximum atomic E-state index is 5.60. The third-order valence-corrected chi connectivity index (χ3v) is 3.01. The molecule has 1 rings (SSSR count). The highest BCUT2D eigenvalue weighted by Gasteiger charge is 1.99. The highest BCUT2D eigenvalue weighted by Crippen LogP contribution is 2.08. The SMILES string of the molecule is C=CCNC(=NCc1cccc(COCCOCC)c1)NCC. The molecular formula is C18H29N3O2. The fourth-order valence-corrected chi connectivity index (χ4v) is 1.95. The summed E-state index contributed by atoms with van der Waals surface area (Å²) in [6.07, 6.45) is 1.81. The standard InChI is InChI=1S/C18H29N3O2/c1-4-10-20-18(19-5-2)21-14-16-8-7-9-17(13-16)15-23-12-11-22-6-3/h4,7-9,13H,1,5-6,10-12,14-15H2,2-3H3,(H2,19,20,21). The molecule has 0 unspecified atom stereocenters. The molecule has 0 aliphatic rings. The molecule has 23 heavy (non-hydrogen) atoms. The Balaban J connectivity index is 2.49. The number of hydrogen-bond acceptors (Lipinski definition) is 3. The molecule has 0 bridgehead atoms. The maximum absolute atomic E-state index is 5.60. The van der Waals surface area contributed by atoms with Crippen LogP contribution < -0.4 is 10.6 Å². The minimum absolute atomic E-state index is 0.597. The Morgan fingerprint density at radius 1 is 1.17 bits per heavy atom. The monoisotopic (exact) mass is 319 g/mol. The molecular weight excluding hydrogens is 290 g/mol. The van der Waals surface area contributed by atoms with E-state index in [0.29, 0.717) is 32.9 Å². The van der Waals surface area contributed by atoms with Crippen LogP contribution in [0.2, 0.25) is 0 Å². The van der Waals surface area contributed by atoms with Gasteiger partial charge in [-0.25, -0.2) is 4.99 Å². The van der Waals surface area contributed by atoms with Crippen LogP contribution >= 0.6 is 0 Å². The Hall–Kier alpha value is -1.85. The Labute approximate surface area is 139 Å². The molecule has 0 aromatic heterocycles. The molecule has 0 aliphatic heterocycles. The van der Waals surface area contributed by atoms with Crippen molar-refractivity contribution in [1.82, 2.24) is 10.6 Å². The van der Waals surface area contributed by atoms with Gasteiger partial charge in [-0.1, -0.05) is 30.3 Å². The second-order valence-electron chi connectivity index (χ2n) is 4.93. The van der Waals surface area contributed by atoms with Crippen molar-refractivity contribution in [3.05, 3.63) is 48.0 Å². The normalized spacial score (nSPS) is 11.3. The summed E-state index contributed by atoms with van der Waals surface area (Å²) in [5.74, 6) is 0.797. The largest absolute Gasteiger partial charge is 0.379 e. The summed E-state index contributed by atoms with van der Waals surface area (Å²) in [6.45, 7) is 12.5. The number of guanidine groups is 1. The van der Waals surface area contributed by atoms with E-state index in [0.717, 1.165) is 30.2 Å². The molecule has 0 fully saturated rings. The minimum atomic E-state index is 0.597. The molecule has 5 heteroatoms. The van der Waals surface area contributed by atoms with Crippen LogP contribution in [0.4, 0.5) is 0 Å². The lowest BCUT2D eigenvalue weighted by atomic mass is 10.1. The maximum Gasteiger partial charge on any atom is 0.191 e. The lowest BCUT2D eigenvalue weighted by molar-refractivity contribution is 0.0453. The average Bonchev–Trinajstić information content (AvgIpc) is 2.57. The summed E-state index contributed by atoms with van der Waals surface area (Å²) >= 11 is 0. The quantitative estimate of drug-likeness (QED) is 0.285. The molecule has 128 valence electrons. The molecule has 0 amide bonds. The van der Waals surface area contributed by atoms with Gasteiger partial charge in [0.15, 0.2) is 5.96 Å². The number of nitrogens with zero attached hydrogens (tertiary/aromatic N) is 1. The molecule has 0 atom stereocenters. The van der Waals surface area contributed by atoms with Gasteiger partial charge in [-0.2, -0.15) is 0 Å². The Bertz CT molecular complexity index is 475. The van der Waals surface area contributed by atoms with Crippen LogP contribution in [0.3, 0.4) is 0 Å². The van der Waals surface area contributed by atoms with Crippen molar-refractivity contribution in [2.45, 2.75) is 27.0 Å². The topological polar surface area (TPSA) is 54.9 Å². The van der Waals surface area contributed by atoms with Gasteiger partial charge in [-0.15, -0.1) is 6.58 Å². The van der Waals surface area contributed by atoms with E-state index in [2.05, 4.69) is 40.4 Å². The molecule has 1 aromatic rings. The van der Waals surface area contributed by atoms with E-state index in [1.54, 1.807) is 0 Å². The van der Waals surface area contributed by atoms with Gasteiger partial charge < -0.3 is 20.1 Å². The van der Waals surface area contributed by atoms with Gasteiger partial charge >= 0.3 is 0 Å². The van der Waals surface area contributed by atoms with E-state index >= 15 is 0 Å². The van der Waals surface area contributed by atoms with E-state index in [1.165, 1.54) is 0 Å². The zero-order chi connectivity index (χ0) is 16.8. The van der Waals surface area contributed by atoms with Gasteiger partial charge in [0.1, 0.15) is 0 Å². The lowest BCUT2D eigenvalue weighted by Gasteiger charge is -2.10. The molecule has 0 saturated heterocycles. The van der Waals surface area contributed by atoms with Crippen molar-refractivity contribution in [1.29, 1.82) is 0 Å². The van der Waals surface area contributed by atoms with Crippen molar-refractivity contribution >= 4 is 5.96 Å². The number of nitrogens with one attached hydrogen (secondary N) is 2. The number of rotatable bonds is 11. The highest BCUT2D eigenvalue weighted by molar-refractivity contribution is 5.79. The van der Waals surface area contributed by atoms with E-state index in [4.69, 9.17) is 9.47 Å². The van der Waals surface area contributed by atoms with Crippen LogP contribution in [0.1, 0.15) is 25.0 Å². The lowest BCUT2D eigenvalue weighted by Crippen LogP contribution is -2.37. The van der Waals surface area contributed by atoms with Crippen molar-refractivity contribution in [3.8, 4) is 0 Å². The number of ether oxygens (including phenoxy) is 2. The summed E-state index contributed by atoms with van der Waals surface area (Å²) in [6, 6.07) is 8.30. The van der Waals surface area contributed by atoms with Gasteiger partial charge in [-0.05, 0) is 25.0 Å². The number of aliphatic imine (C=N–C) groups is 1. The molecule has 5 nitrogen and oxygen atoms in total. The summed E-state index contributed by atoms with van der Waals surface area (Å²) < 4.78 is 10.8. The molecule has 2 N–H and O–H groups in total. The molecule has 0 aliphatic carbocycles. The Kier molecular flexibility index (Phi) is 10.6. The molecule has 0 radical (unpaired) electrons. The smallest absolute Gasteiger partial charge is 0.191 e. The summed E-state index contributed by atoms with van der Waals surface area (Å²) in [4.78, 5) is 4.57. The molecule has 0 saturated carbocycles. The second-order valence-corrected chi connectivity index (χ2v) is 4.93. The summed E-state index contributed by atoms with van der Waals surface area (Å²) in [5.41, 5.74) is 2.31. The zero-order valence-electron chi connectivity index (χ0n) is 14.3. The van der Waals surface area contributed by atoms with Gasteiger partial charge in [0.2, 0.25) is 0 Å². The molecule has 1 aromatic carbocycles. The van der Waals surface area contributed by atoms with Crippen molar-refractivity contribution in [3.63, 3.8) is 0 Å². The third-order valence-electron chi connectivity index (χ3n) is 3.01. The van der Waals surface area contributed by atoms with E-state index in [-0.39, 0.29) is 0 Å². The summed E-state index contributed by atoms with van der Waals surface area (Å²) in [5, 5.41) is 6.40. The average molecular weight is 319 g/mol. The van der Waals surface area contributed by atoms with Crippen LogP contribution in [0.25, 0.3) is 0 Å². The van der Waals surface area contributed by atoms with Crippen LogP contribution in [0, 0.1) is 0 Å². The summed E-state index contributed by atoms with van der Waals surface area (Å²) in [7, 11) is 0.